The molecule has 0 spiro atoms. The summed E-state index contributed by atoms with van der Waals surface area (Å²) in [7, 11) is 3.63. The predicted molar refractivity (Wildman–Crippen MR) is 80.8 cm³/mol. The molecule has 1 amide bonds. The lowest BCUT2D eigenvalue weighted by atomic mass is 10.0. The maximum atomic E-state index is 12.4. The fraction of sp³-hybridized carbons (Fsp3) is 0.500. The number of ketones is 1. The van der Waals surface area contributed by atoms with Crippen LogP contribution in [0.2, 0.25) is 0 Å². The Hall–Kier alpha value is -1.88. The van der Waals surface area contributed by atoms with E-state index in [0.717, 1.165) is 31.7 Å². The second-order valence-electron chi connectivity index (χ2n) is 5.44. The molecule has 0 aromatic heterocycles. The Labute approximate surface area is 125 Å². The standard InChI is InChI=1S/C16H22N2O3/c1-12(19)13-4-5-15(21-3)14(10-13)11-16(20)18-8-6-17(2)7-9-18/h4-5,10H,6-9,11H2,1-3H3. The summed E-state index contributed by atoms with van der Waals surface area (Å²) < 4.78 is 5.30. The summed E-state index contributed by atoms with van der Waals surface area (Å²) in [6.07, 6.45) is 0.272. The number of Topliss-reactive ketones (excluding diaryl/α,β-unsaturated/α-hetero) is 1. The minimum atomic E-state index is -0.00838. The van der Waals surface area contributed by atoms with Crippen molar-refractivity contribution in [3.8, 4) is 5.75 Å². The van der Waals surface area contributed by atoms with Gasteiger partial charge in [0.05, 0.1) is 13.5 Å². The van der Waals surface area contributed by atoms with E-state index in [1.165, 1.54) is 6.92 Å². The van der Waals surface area contributed by atoms with Crippen molar-refractivity contribution in [3.05, 3.63) is 29.3 Å². The van der Waals surface area contributed by atoms with E-state index < -0.39 is 0 Å². The SMILES string of the molecule is COc1ccc(C(C)=O)cc1CC(=O)N1CCN(C)CC1. The molecule has 0 N–H and O–H groups in total. The van der Waals surface area contributed by atoms with Crippen LogP contribution in [-0.2, 0) is 11.2 Å². The number of hydrogen-bond acceptors (Lipinski definition) is 4. The molecule has 1 aromatic carbocycles. The van der Waals surface area contributed by atoms with Gasteiger partial charge in [-0.25, -0.2) is 0 Å². The molecule has 114 valence electrons. The highest BCUT2D eigenvalue weighted by Gasteiger charge is 2.20. The monoisotopic (exact) mass is 290 g/mol. The second kappa shape index (κ2) is 6.72. The molecule has 0 unspecified atom stereocenters. The average Bonchev–Trinajstić information content (AvgIpc) is 2.47. The first kappa shape index (κ1) is 15.5. The Bertz CT molecular complexity index is 534. The first-order valence-corrected chi connectivity index (χ1v) is 7.15. The van der Waals surface area contributed by atoms with E-state index >= 15 is 0 Å². The fourth-order valence-corrected chi connectivity index (χ4v) is 2.47. The molecule has 1 fully saturated rings. The van der Waals surface area contributed by atoms with Crippen LogP contribution in [0.4, 0.5) is 0 Å². The summed E-state index contributed by atoms with van der Waals surface area (Å²) in [5.74, 6) is 0.732. The fourth-order valence-electron chi connectivity index (χ4n) is 2.47. The van der Waals surface area contributed by atoms with Gasteiger partial charge < -0.3 is 14.5 Å². The summed E-state index contributed by atoms with van der Waals surface area (Å²) in [5.41, 5.74) is 1.38. The molecular formula is C16H22N2O3. The quantitative estimate of drug-likeness (QED) is 0.782. The first-order chi connectivity index (χ1) is 10.0. The molecule has 1 aliphatic rings. The van der Waals surface area contributed by atoms with E-state index in [1.54, 1.807) is 25.3 Å². The van der Waals surface area contributed by atoms with Crippen molar-refractivity contribution in [1.82, 2.24) is 9.80 Å². The molecule has 2 rings (SSSR count). The van der Waals surface area contributed by atoms with Crippen molar-refractivity contribution in [1.29, 1.82) is 0 Å². The number of benzene rings is 1. The van der Waals surface area contributed by atoms with Gasteiger partial charge in [-0.15, -0.1) is 0 Å². The normalized spacial score (nSPS) is 15.9. The van der Waals surface area contributed by atoms with Gasteiger partial charge in [-0.1, -0.05) is 0 Å². The van der Waals surface area contributed by atoms with Gasteiger partial charge in [0.15, 0.2) is 5.78 Å². The van der Waals surface area contributed by atoms with E-state index in [-0.39, 0.29) is 18.1 Å². The van der Waals surface area contributed by atoms with Gasteiger partial charge in [-0.2, -0.15) is 0 Å². The van der Waals surface area contributed by atoms with Crippen molar-refractivity contribution in [2.24, 2.45) is 0 Å². The highest BCUT2D eigenvalue weighted by Crippen LogP contribution is 2.21. The lowest BCUT2D eigenvalue weighted by Crippen LogP contribution is -2.47. The number of likely N-dealkylation sites (N-methyl/N-ethyl adjacent to an activating group) is 1. The Morgan fingerprint density at radius 3 is 2.43 bits per heavy atom. The van der Waals surface area contributed by atoms with Crippen molar-refractivity contribution >= 4 is 11.7 Å². The molecule has 5 heteroatoms. The molecular weight excluding hydrogens is 268 g/mol. The molecule has 0 bridgehead atoms. The highest BCUT2D eigenvalue weighted by molar-refractivity contribution is 5.94. The van der Waals surface area contributed by atoms with Crippen molar-refractivity contribution in [2.75, 3.05) is 40.3 Å². The largest absolute Gasteiger partial charge is 0.496 e. The molecule has 0 atom stereocenters. The molecule has 1 saturated heterocycles. The number of piperazine rings is 1. The van der Waals surface area contributed by atoms with Crippen LogP contribution in [0.5, 0.6) is 5.75 Å². The molecule has 0 radical (unpaired) electrons. The van der Waals surface area contributed by atoms with Crippen LogP contribution in [0.15, 0.2) is 18.2 Å². The van der Waals surface area contributed by atoms with E-state index in [2.05, 4.69) is 11.9 Å². The van der Waals surface area contributed by atoms with E-state index in [4.69, 9.17) is 4.74 Å². The molecule has 1 aromatic rings. The number of methoxy groups -OCH3 is 1. The highest BCUT2D eigenvalue weighted by atomic mass is 16.5. The third-order valence-corrected chi connectivity index (χ3v) is 3.88. The number of hydrogen-bond donors (Lipinski definition) is 0. The summed E-state index contributed by atoms with van der Waals surface area (Å²) >= 11 is 0. The molecule has 0 saturated carbocycles. The number of nitrogens with zero attached hydrogens (tertiary/aromatic N) is 2. The van der Waals surface area contributed by atoms with Gasteiger partial charge >= 0.3 is 0 Å². The van der Waals surface area contributed by atoms with Gasteiger partial charge in [0.25, 0.3) is 0 Å². The van der Waals surface area contributed by atoms with Crippen LogP contribution in [-0.4, -0.2) is 61.8 Å². The lowest BCUT2D eigenvalue weighted by molar-refractivity contribution is -0.132. The smallest absolute Gasteiger partial charge is 0.227 e. The van der Waals surface area contributed by atoms with E-state index in [0.29, 0.717) is 11.3 Å². The summed E-state index contributed by atoms with van der Waals surface area (Å²) in [4.78, 5) is 28.0. The minimum absolute atomic E-state index is 0.00838. The number of carbonyl (C=O) groups excluding carboxylic acids is 2. The van der Waals surface area contributed by atoms with Gasteiger partial charge in [0, 0.05) is 37.3 Å². The molecule has 1 heterocycles. The number of amides is 1. The average molecular weight is 290 g/mol. The van der Waals surface area contributed by atoms with Crippen LogP contribution in [0.1, 0.15) is 22.8 Å². The Morgan fingerprint density at radius 2 is 1.86 bits per heavy atom. The Kier molecular flexibility index (Phi) is 4.96. The Morgan fingerprint density at radius 1 is 1.19 bits per heavy atom. The maximum Gasteiger partial charge on any atom is 0.227 e. The van der Waals surface area contributed by atoms with Gasteiger partial charge in [0.1, 0.15) is 5.75 Å². The zero-order chi connectivity index (χ0) is 15.4. The van der Waals surface area contributed by atoms with E-state index in [1.807, 2.05) is 4.90 Å². The predicted octanol–water partition coefficient (Wildman–Crippen LogP) is 1.21. The maximum absolute atomic E-state index is 12.4. The molecule has 5 nitrogen and oxygen atoms in total. The van der Waals surface area contributed by atoms with Gasteiger partial charge in [0.2, 0.25) is 5.91 Å². The van der Waals surface area contributed by atoms with Crippen LogP contribution in [0, 0.1) is 0 Å². The van der Waals surface area contributed by atoms with Crippen LogP contribution in [0.3, 0.4) is 0 Å². The minimum Gasteiger partial charge on any atom is -0.496 e. The zero-order valence-corrected chi connectivity index (χ0v) is 12.9. The molecule has 1 aliphatic heterocycles. The third-order valence-electron chi connectivity index (χ3n) is 3.88. The van der Waals surface area contributed by atoms with Gasteiger partial charge in [-0.05, 0) is 32.2 Å². The summed E-state index contributed by atoms with van der Waals surface area (Å²) in [5, 5.41) is 0. The number of ether oxygens (including phenoxy) is 1. The Balaban J connectivity index is 2.12. The van der Waals surface area contributed by atoms with Crippen molar-refractivity contribution < 1.29 is 14.3 Å². The third kappa shape index (κ3) is 3.82. The zero-order valence-electron chi connectivity index (χ0n) is 12.9. The van der Waals surface area contributed by atoms with Gasteiger partial charge in [-0.3, -0.25) is 9.59 Å². The first-order valence-electron chi connectivity index (χ1n) is 7.15. The van der Waals surface area contributed by atoms with E-state index in [9.17, 15) is 9.59 Å². The summed E-state index contributed by atoms with van der Waals surface area (Å²) in [6, 6.07) is 5.24. The lowest BCUT2D eigenvalue weighted by Gasteiger charge is -2.32. The summed E-state index contributed by atoms with van der Waals surface area (Å²) in [6.45, 7) is 4.83. The van der Waals surface area contributed by atoms with Crippen molar-refractivity contribution in [2.45, 2.75) is 13.3 Å². The van der Waals surface area contributed by atoms with Crippen molar-refractivity contribution in [3.63, 3.8) is 0 Å². The molecule has 0 aliphatic carbocycles. The molecule has 21 heavy (non-hydrogen) atoms. The number of carbonyl (C=O) groups is 2. The topological polar surface area (TPSA) is 49.9 Å². The van der Waals surface area contributed by atoms with Crippen LogP contribution >= 0.6 is 0 Å². The van der Waals surface area contributed by atoms with Crippen LogP contribution in [0.25, 0.3) is 0 Å². The number of rotatable bonds is 4. The van der Waals surface area contributed by atoms with Crippen LogP contribution < -0.4 is 4.74 Å². The second-order valence-corrected chi connectivity index (χ2v) is 5.44.